The van der Waals surface area contributed by atoms with Gasteiger partial charge in [-0.1, -0.05) is 0 Å². The Hall–Kier alpha value is -1.59. The van der Waals surface area contributed by atoms with Gasteiger partial charge in [-0.3, -0.25) is 4.79 Å². The van der Waals surface area contributed by atoms with E-state index in [1.54, 1.807) is 0 Å². The van der Waals surface area contributed by atoms with E-state index in [-0.39, 0.29) is 5.88 Å². The maximum atomic E-state index is 12.5. The summed E-state index contributed by atoms with van der Waals surface area (Å²) in [5, 5.41) is 0. The molecular weight excluding hydrogens is 211 g/mol. The fourth-order valence-electron chi connectivity index (χ4n) is 1.06. The van der Waals surface area contributed by atoms with Crippen LogP contribution in [0.4, 0.5) is 13.2 Å². The van der Waals surface area contributed by atoms with Gasteiger partial charge in [-0.05, 0) is 6.92 Å². The minimum Gasteiger partial charge on any atom is -0.481 e. The van der Waals surface area contributed by atoms with Crippen LogP contribution in [0.25, 0.3) is 0 Å². The molecular formula is C9H8F3NO2. The highest BCUT2D eigenvalue weighted by atomic mass is 19.4. The van der Waals surface area contributed by atoms with E-state index >= 15 is 0 Å². The van der Waals surface area contributed by atoms with Crippen molar-refractivity contribution in [3.8, 4) is 5.88 Å². The SMILES string of the molecule is COc1cc(C(F)(F)F)c(C(C)=O)cn1. The van der Waals surface area contributed by atoms with Crippen LogP contribution < -0.4 is 4.74 Å². The summed E-state index contributed by atoms with van der Waals surface area (Å²) < 4.78 is 42.0. The molecule has 82 valence electrons. The summed E-state index contributed by atoms with van der Waals surface area (Å²) in [6, 6.07) is 0.705. The fraction of sp³-hybridized carbons (Fsp3) is 0.333. The van der Waals surface area contributed by atoms with Crippen molar-refractivity contribution in [2.75, 3.05) is 7.11 Å². The van der Waals surface area contributed by atoms with Crippen LogP contribution in [0.15, 0.2) is 12.3 Å². The summed E-state index contributed by atoms with van der Waals surface area (Å²) in [5.74, 6) is -0.857. The minimum absolute atomic E-state index is 0.174. The molecule has 15 heavy (non-hydrogen) atoms. The van der Waals surface area contributed by atoms with Crippen molar-refractivity contribution in [3.63, 3.8) is 0 Å². The first-order valence-electron chi connectivity index (χ1n) is 3.98. The fourth-order valence-corrected chi connectivity index (χ4v) is 1.06. The van der Waals surface area contributed by atoms with Gasteiger partial charge in [-0.25, -0.2) is 4.98 Å². The second-order valence-corrected chi connectivity index (χ2v) is 2.83. The molecule has 0 aromatic carbocycles. The van der Waals surface area contributed by atoms with Crippen molar-refractivity contribution in [2.24, 2.45) is 0 Å². The van der Waals surface area contributed by atoms with E-state index in [4.69, 9.17) is 0 Å². The summed E-state index contributed by atoms with van der Waals surface area (Å²) in [6.07, 6.45) is -3.72. The highest BCUT2D eigenvalue weighted by Gasteiger charge is 2.35. The second kappa shape index (κ2) is 3.88. The van der Waals surface area contributed by atoms with Gasteiger partial charge in [-0.15, -0.1) is 0 Å². The molecule has 0 atom stereocenters. The third-order valence-electron chi connectivity index (χ3n) is 1.77. The Morgan fingerprint density at radius 2 is 2.07 bits per heavy atom. The number of Topliss-reactive ketones (excluding diaryl/α,β-unsaturated/α-hetero) is 1. The summed E-state index contributed by atoms with van der Waals surface area (Å²) in [5.41, 5.74) is -1.48. The number of methoxy groups -OCH3 is 1. The molecule has 0 aliphatic carbocycles. The van der Waals surface area contributed by atoms with E-state index < -0.39 is 23.1 Å². The largest absolute Gasteiger partial charge is 0.481 e. The molecule has 0 saturated heterocycles. The predicted molar refractivity (Wildman–Crippen MR) is 45.8 cm³/mol. The van der Waals surface area contributed by atoms with Crippen LogP contribution in [0, 0.1) is 0 Å². The maximum absolute atomic E-state index is 12.5. The third-order valence-corrected chi connectivity index (χ3v) is 1.77. The molecule has 0 aliphatic rings. The molecule has 0 radical (unpaired) electrons. The zero-order valence-corrected chi connectivity index (χ0v) is 8.05. The Morgan fingerprint density at radius 1 is 1.47 bits per heavy atom. The van der Waals surface area contributed by atoms with Gasteiger partial charge in [0.05, 0.1) is 12.7 Å². The van der Waals surface area contributed by atoms with Crippen molar-refractivity contribution in [2.45, 2.75) is 13.1 Å². The van der Waals surface area contributed by atoms with Crippen LogP contribution in [-0.4, -0.2) is 17.9 Å². The number of pyridine rings is 1. The van der Waals surface area contributed by atoms with Crippen molar-refractivity contribution >= 4 is 5.78 Å². The van der Waals surface area contributed by atoms with Crippen LogP contribution in [0.5, 0.6) is 5.88 Å². The van der Waals surface area contributed by atoms with Crippen LogP contribution in [0.2, 0.25) is 0 Å². The molecule has 0 aliphatic heterocycles. The molecule has 1 rings (SSSR count). The Bertz CT molecular complexity index is 387. The smallest absolute Gasteiger partial charge is 0.417 e. The number of aromatic nitrogens is 1. The molecule has 0 N–H and O–H groups in total. The molecule has 0 fully saturated rings. The first-order valence-corrected chi connectivity index (χ1v) is 3.98. The van der Waals surface area contributed by atoms with Gasteiger partial charge >= 0.3 is 6.18 Å². The molecule has 6 heteroatoms. The number of nitrogens with zero attached hydrogens (tertiary/aromatic N) is 1. The van der Waals surface area contributed by atoms with Gasteiger partial charge in [0.1, 0.15) is 0 Å². The first kappa shape index (κ1) is 11.5. The number of hydrogen-bond donors (Lipinski definition) is 0. The summed E-state index contributed by atoms with van der Waals surface area (Å²) in [7, 11) is 1.20. The Balaban J connectivity index is 3.36. The number of hydrogen-bond acceptors (Lipinski definition) is 3. The Labute approximate surface area is 83.9 Å². The monoisotopic (exact) mass is 219 g/mol. The van der Waals surface area contributed by atoms with E-state index in [2.05, 4.69) is 9.72 Å². The van der Waals surface area contributed by atoms with E-state index in [0.29, 0.717) is 6.07 Å². The molecule has 0 unspecified atom stereocenters. The lowest BCUT2D eigenvalue weighted by atomic mass is 10.1. The van der Waals surface area contributed by atoms with E-state index in [1.165, 1.54) is 7.11 Å². The number of rotatable bonds is 2. The molecule has 1 aromatic rings. The van der Waals surface area contributed by atoms with Crippen molar-refractivity contribution in [1.29, 1.82) is 0 Å². The van der Waals surface area contributed by atoms with E-state index in [9.17, 15) is 18.0 Å². The molecule has 0 bridgehead atoms. The molecule has 0 amide bonds. The van der Waals surface area contributed by atoms with Gasteiger partial charge in [0, 0.05) is 17.8 Å². The zero-order chi connectivity index (χ0) is 11.6. The van der Waals surface area contributed by atoms with Crippen molar-refractivity contribution in [3.05, 3.63) is 23.4 Å². The number of alkyl halides is 3. The summed E-state index contributed by atoms with van der Waals surface area (Å²) in [6.45, 7) is 1.05. The summed E-state index contributed by atoms with van der Waals surface area (Å²) >= 11 is 0. The van der Waals surface area contributed by atoms with Gasteiger partial charge < -0.3 is 4.74 Å². The molecule has 1 aromatic heterocycles. The first-order chi connectivity index (χ1) is 6.86. The minimum atomic E-state index is -4.59. The van der Waals surface area contributed by atoms with Gasteiger partial charge in [0.2, 0.25) is 5.88 Å². The van der Waals surface area contributed by atoms with Crippen LogP contribution in [0.3, 0.4) is 0 Å². The molecule has 0 saturated carbocycles. The maximum Gasteiger partial charge on any atom is 0.417 e. The molecule has 3 nitrogen and oxygen atoms in total. The van der Waals surface area contributed by atoms with Crippen molar-refractivity contribution in [1.82, 2.24) is 4.98 Å². The molecule has 0 spiro atoms. The molecule has 1 heterocycles. The predicted octanol–water partition coefficient (Wildman–Crippen LogP) is 2.31. The Kier molecular flexibility index (Phi) is 2.97. The van der Waals surface area contributed by atoms with Gasteiger partial charge in [0.25, 0.3) is 0 Å². The zero-order valence-electron chi connectivity index (χ0n) is 8.05. The standard InChI is InChI=1S/C9H8F3NO2/c1-5(14)6-4-13-8(15-2)3-7(6)9(10,11)12/h3-4H,1-2H3. The lowest BCUT2D eigenvalue weighted by Crippen LogP contribution is -2.12. The van der Waals surface area contributed by atoms with Crippen molar-refractivity contribution < 1.29 is 22.7 Å². The number of ketones is 1. The quantitative estimate of drug-likeness (QED) is 0.716. The van der Waals surface area contributed by atoms with E-state index in [1.807, 2.05) is 0 Å². The summed E-state index contributed by atoms with van der Waals surface area (Å²) in [4.78, 5) is 14.5. The lowest BCUT2D eigenvalue weighted by molar-refractivity contribution is -0.138. The number of carbonyl (C=O) groups excluding carboxylic acids is 1. The lowest BCUT2D eigenvalue weighted by Gasteiger charge is -2.11. The van der Waals surface area contributed by atoms with E-state index in [0.717, 1.165) is 13.1 Å². The average Bonchev–Trinajstić information content (AvgIpc) is 2.15. The average molecular weight is 219 g/mol. The second-order valence-electron chi connectivity index (χ2n) is 2.83. The highest BCUT2D eigenvalue weighted by molar-refractivity contribution is 5.95. The topological polar surface area (TPSA) is 39.2 Å². The third kappa shape index (κ3) is 2.45. The van der Waals surface area contributed by atoms with Gasteiger partial charge in [0.15, 0.2) is 5.78 Å². The van der Waals surface area contributed by atoms with Crippen LogP contribution in [0.1, 0.15) is 22.8 Å². The number of ether oxygens (including phenoxy) is 1. The van der Waals surface area contributed by atoms with Gasteiger partial charge in [-0.2, -0.15) is 13.2 Å². The normalized spacial score (nSPS) is 11.3. The van der Waals surface area contributed by atoms with Crippen LogP contribution in [-0.2, 0) is 6.18 Å². The highest BCUT2D eigenvalue weighted by Crippen LogP contribution is 2.33. The van der Waals surface area contributed by atoms with Crippen LogP contribution >= 0.6 is 0 Å². The number of carbonyl (C=O) groups is 1. The number of halogens is 3. The Morgan fingerprint density at radius 3 is 2.47 bits per heavy atom.